The molecule has 0 atom stereocenters. The summed E-state index contributed by atoms with van der Waals surface area (Å²) in [6.45, 7) is 7.82. The lowest BCUT2D eigenvalue weighted by atomic mass is 9.95. The van der Waals surface area contributed by atoms with Gasteiger partial charge in [-0.1, -0.05) is 49.6 Å². The highest BCUT2D eigenvalue weighted by Gasteiger charge is 2.19. The number of hydrogen-bond donors (Lipinski definition) is 0. The first kappa shape index (κ1) is 16.2. The summed E-state index contributed by atoms with van der Waals surface area (Å²) in [5.41, 5.74) is 4.30. The van der Waals surface area contributed by atoms with Crippen LogP contribution in [0.25, 0.3) is 23.3 Å². The lowest BCUT2D eigenvalue weighted by Gasteiger charge is -2.17. The van der Waals surface area contributed by atoms with Crippen molar-refractivity contribution in [3.05, 3.63) is 66.4 Å². The van der Waals surface area contributed by atoms with Crippen LogP contribution in [0.15, 0.2) is 55.3 Å². The first-order valence-corrected chi connectivity index (χ1v) is 8.90. The lowest BCUT2D eigenvalue weighted by Crippen LogP contribution is -1.93. The number of hydrogen-bond acceptors (Lipinski definition) is 0. The molecule has 102 valence electrons. The van der Waals surface area contributed by atoms with E-state index in [1.54, 1.807) is 0 Å². The predicted octanol–water partition coefficient (Wildman–Crippen LogP) is 7.69. The van der Waals surface area contributed by atoms with E-state index in [1.165, 1.54) is 0 Å². The molecule has 2 aromatic carbocycles. The normalized spacial score (nSPS) is 10.4. The first-order chi connectivity index (χ1) is 9.52. The third-order valence-electron chi connectivity index (χ3n) is 2.96. The van der Waals surface area contributed by atoms with Crippen LogP contribution in [0.5, 0.6) is 0 Å². The van der Waals surface area contributed by atoms with Gasteiger partial charge in [0.2, 0.25) is 0 Å². The van der Waals surface area contributed by atoms with Crippen LogP contribution < -0.4 is 0 Å². The minimum atomic E-state index is 0.958. The summed E-state index contributed by atoms with van der Waals surface area (Å²) in [6.07, 6.45) is 3.71. The molecule has 0 aliphatic rings. The van der Waals surface area contributed by atoms with Crippen molar-refractivity contribution in [2.45, 2.75) is 0 Å². The maximum absolute atomic E-state index is 3.93. The fourth-order valence-electron chi connectivity index (χ4n) is 2.01. The maximum Gasteiger partial charge on any atom is 0.0477 e. The highest BCUT2D eigenvalue weighted by Crippen LogP contribution is 2.47. The van der Waals surface area contributed by atoms with Crippen molar-refractivity contribution < 1.29 is 0 Å². The molecule has 0 nitrogen and oxygen atoms in total. The summed E-state index contributed by atoms with van der Waals surface area (Å²) in [6, 6.07) is 8.15. The molecule has 4 heteroatoms. The monoisotopic (exact) mass is 518 g/mol. The van der Waals surface area contributed by atoms with Gasteiger partial charge in [-0.25, -0.2) is 0 Å². The predicted molar refractivity (Wildman–Crippen MR) is 103 cm³/mol. The highest BCUT2D eigenvalue weighted by molar-refractivity contribution is 9.15. The molecule has 0 aliphatic heterocycles. The van der Waals surface area contributed by atoms with E-state index in [2.05, 4.69) is 82.9 Å². The zero-order valence-electron chi connectivity index (χ0n) is 10.4. The SMILES string of the molecule is C=Cc1ccccc1-c1c(Br)c(Br)c(Br)c(Br)c1C=C. The Hall–Kier alpha value is -0.160. The second kappa shape index (κ2) is 6.73. The van der Waals surface area contributed by atoms with Gasteiger partial charge in [-0.3, -0.25) is 0 Å². The van der Waals surface area contributed by atoms with Gasteiger partial charge in [0, 0.05) is 23.5 Å². The Morgan fingerprint density at radius 2 is 1.35 bits per heavy atom. The number of rotatable bonds is 3. The Kier molecular flexibility index (Phi) is 5.46. The molecule has 0 heterocycles. The van der Waals surface area contributed by atoms with Gasteiger partial charge in [-0.15, -0.1) is 0 Å². The second-order valence-corrected chi connectivity index (χ2v) is 7.21. The van der Waals surface area contributed by atoms with Crippen LogP contribution in [0.1, 0.15) is 11.1 Å². The fraction of sp³-hybridized carbons (Fsp3) is 0. The summed E-state index contributed by atoms with van der Waals surface area (Å²) in [4.78, 5) is 0. The maximum atomic E-state index is 3.93. The summed E-state index contributed by atoms with van der Waals surface area (Å²) >= 11 is 14.5. The fourth-order valence-corrected chi connectivity index (χ4v) is 4.53. The van der Waals surface area contributed by atoms with E-state index in [0.29, 0.717) is 0 Å². The van der Waals surface area contributed by atoms with Crippen molar-refractivity contribution in [3.63, 3.8) is 0 Å². The van der Waals surface area contributed by atoms with E-state index in [1.807, 2.05) is 30.4 Å². The smallest absolute Gasteiger partial charge is 0.0477 e. The van der Waals surface area contributed by atoms with Crippen LogP contribution in [-0.4, -0.2) is 0 Å². The Morgan fingerprint density at radius 1 is 0.750 bits per heavy atom. The third-order valence-corrected chi connectivity index (χ3v) is 7.76. The largest absolute Gasteiger partial charge is 0.0984 e. The Bertz CT molecular complexity index is 702. The summed E-state index contributed by atoms with van der Waals surface area (Å²) in [7, 11) is 0. The van der Waals surface area contributed by atoms with Crippen molar-refractivity contribution in [1.29, 1.82) is 0 Å². The molecular weight excluding hydrogens is 512 g/mol. The molecule has 0 fully saturated rings. The molecule has 0 unspecified atom stereocenters. The second-order valence-electron chi connectivity index (χ2n) is 4.04. The van der Waals surface area contributed by atoms with Gasteiger partial charge in [0.25, 0.3) is 0 Å². The average Bonchev–Trinajstić information content (AvgIpc) is 2.48. The van der Waals surface area contributed by atoms with E-state index in [9.17, 15) is 0 Å². The van der Waals surface area contributed by atoms with Crippen LogP contribution in [0, 0.1) is 0 Å². The van der Waals surface area contributed by atoms with Crippen LogP contribution >= 0.6 is 63.7 Å². The van der Waals surface area contributed by atoms with Gasteiger partial charge in [0.05, 0.1) is 0 Å². The van der Waals surface area contributed by atoms with E-state index in [0.717, 1.165) is 40.1 Å². The number of halogens is 4. The first-order valence-electron chi connectivity index (χ1n) is 5.73. The molecule has 0 saturated carbocycles. The Morgan fingerprint density at radius 3 is 1.95 bits per heavy atom. The molecule has 0 radical (unpaired) electrons. The molecule has 0 amide bonds. The molecular formula is C16H10Br4. The van der Waals surface area contributed by atoms with Gasteiger partial charge in [0.15, 0.2) is 0 Å². The van der Waals surface area contributed by atoms with Gasteiger partial charge in [-0.2, -0.15) is 0 Å². The summed E-state index contributed by atoms with van der Waals surface area (Å²) in [5, 5.41) is 0. The minimum Gasteiger partial charge on any atom is -0.0984 e. The number of benzene rings is 2. The van der Waals surface area contributed by atoms with Crippen molar-refractivity contribution in [1.82, 2.24) is 0 Å². The zero-order valence-corrected chi connectivity index (χ0v) is 16.7. The van der Waals surface area contributed by atoms with E-state index in [-0.39, 0.29) is 0 Å². The minimum absolute atomic E-state index is 0.958. The van der Waals surface area contributed by atoms with Gasteiger partial charge >= 0.3 is 0 Å². The highest BCUT2D eigenvalue weighted by atomic mass is 79.9. The van der Waals surface area contributed by atoms with E-state index in [4.69, 9.17) is 0 Å². The Balaban J connectivity index is 2.93. The van der Waals surface area contributed by atoms with Crippen LogP contribution in [0.4, 0.5) is 0 Å². The quantitative estimate of drug-likeness (QED) is 0.287. The molecule has 0 spiro atoms. The molecule has 2 aromatic rings. The average molecular weight is 522 g/mol. The standard InChI is InChI=1S/C16H10Br4/c1-3-9-7-5-6-8-11(9)12-10(4-2)13(17)15(19)16(20)14(12)18/h3-8H,1-2H2. The molecule has 0 aromatic heterocycles. The van der Waals surface area contributed by atoms with E-state index >= 15 is 0 Å². The van der Waals surface area contributed by atoms with Crippen molar-refractivity contribution >= 4 is 75.9 Å². The molecule has 0 N–H and O–H groups in total. The lowest BCUT2D eigenvalue weighted by molar-refractivity contribution is 1.45. The summed E-state index contributed by atoms with van der Waals surface area (Å²) < 4.78 is 3.87. The molecule has 20 heavy (non-hydrogen) atoms. The Labute approximate surface area is 152 Å². The molecule has 0 saturated heterocycles. The topological polar surface area (TPSA) is 0 Å². The van der Waals surface area contributed by atoms with Crippen molar-refractivity contribution in [2.75, 3.05) is 0 Å². The van der Waals surface area contributed by atoms with Crippen molar-refractivity contribution in [3.8, 4) is 11.1 Å². The van der Waals surface area contributed by atoms with Gasteiger partial charge in [-0.05, 0) is 80.4 Å². The summed E-state index contributed by atoms with van der Waals surface area (Å²) in [5.74, 6) is 0. The van der Waals surface area contributed by atoms with Crippen LogP contribution in [0.3, 0.4) is 0 Å². The van der Waals surface area contributed by atoms with Crippen molar-refractivity contribution in [2.24, 2.45) is 0 Å². The van der Waals surface area contributed by atoms with Gasteiger partial charge < -0.3 is 0 Å². The van der Waals surface area contributed by atoms with Crippen LogP contribution in [-0.2, 0) is 0 Å². The van der Waals surface area contributed by atoms with Crippen LogP contribution in [0.2, 0.25) is 0 Å². The molecule has 2 rings (SSSR count). The zero-order chi connectivity index (χ0) is 14.9. The van der Waals surface area contributed by atoms with E-state index < -0.39 is 0 Å². The third kappa shape index (κ3) is 2.76. The molecule has 0 aliphatic carbocycles. The molecule has 0 bridgehead atoms. The van der Waals surface area contributed by atoms with Gasteiger partial charge in [0.1, 0.15) is 0 Å².